The Morgan fingerprint density at radius 1 is 1.30 bits per heavy atom. The van der Waals surface area contributed by atoms with Gasteiger partial charge in [-0.05, 0) is 38.0 Å². The number of carbonyl (C=O) groups excluding carboxylic acids is 2. The molecule has 0 spiro atoms. The van der Waals surface area contributed by atoms with Crippen LogP contribution in [0, 0.1) is 23.2 Å². The summed E-state index contributed by atoms with van der Waals surface area (Å²) in [5.41, 5.74) is -1.04. The zero-order valence-electron chi connectivity index (χ0n) is 12.2. The average molecular weight is 354 g/mol. The highest BCUT2D eigenvalue weighted by Crippen LogP contribution is 2.59. The molecule has 130 valence electrons. The van der Waals surface area contributed by atoms with Crippen molar-refractivity contribution >= 4 is 22.8 Å². The summed E-state index contributed by atoms with van der Waals surface area (Å²) in [7, 11) is 0. The molecule has 4 unspecified atom stereocenters. The smallest absolute Gasteiger partial charge is 0.426 e. The van der Waals surface area contributed by atoms with Gasteiger partial charge in [0.15, 0.2) is 11.1 Å². The summed E-state index contributed by atoms with van der Waals surface area (Å²) < 4.78 is 62.7. The van der Waals surface area contributed by atoms with Crippen LogP contribution in [0.25, 0.3) is 0 Å². The third-order valence-corrected chi connectivity index (χ3v) is 5.92. The number of alkyl halides is 3. The molecule has 0 aromatic carbocycles. The molecule has 4 atom stereocenters. The third-order valence-electron chi connectivity index (χ3n) is 5.34. The molecule has 5 nitrogen and oxygen atoms in total. The summed E-state index contributed by atoms with van der Waals surface area (Å²) in [6.07, 6.45) is -5.16. The van der Waals surface area contributed by atoms with Crippen molar-refractivity contribution in [2.45, 2.75) is 44.4 Å². The zero-order chi connectivity index (χ0) is 17.0. The van der Waals surface area contributed by atoms with Crippen LogP contribution in [0.15, 0.2) is 0 Å². The molecule has 0 heterocycles. The molecule has 0 saturated heterocycles. The van der Waals surface area contributed by atoms with Crippen molar-refractivity contribution in [2.24, 2.45) is 23.2 Å². The normalized spacial score (nSPS) is 38.4. The van der Waals surface area contributed by atoms with E-state index in [0.29, 0.717) is 19.3 Å². The highest BCUT2D eigenvalue weighted by atomic mass is 32.2. The number of ether oxygens (including phenoxy) is 1. The summed E-state index contributed by atoms with van der Waals surface area (Å²) in [5, 5.41) is 0. The number of hydrogen-bond acceptors (Lipinski definition) is 4. The largest absolute Gasteiger partial charge is 0.451 e. The topological polar surface area (TPSA) is 80.7 Å². The van der Waals surface area contributed by atoms with Gasteiger partial charge < -0.3 is 9.29 Å². The maximum atomic E-state index is 12.9. The van der Waals surface area contributed by atoms with Gasteiger partial charge in [0.05, 0.1) is 11.2 Å². The minimum Gasteiger partial charge on any atom is -0.451 e. The van der Waals surface area contributed by atoms with E-state index in [0.717, 1.165) is 0 Å². The molecule has 1 N–H and O–H groups in total. The zero-order valence-corrected chi connectivity index (χ0v) is 13.0. The molecule has 4 aliphatic rings. The lowest BCUT2D eigenvalue weighted by Crippen LogP contribution is -2.56. The monoisotopic (exact) mass is 354 g/mol. The van der Waals surface area contributed by atoms with Gasteiger partial charge in [-0.3, -0.25) is 9.59 Å². The van der Waals surface area contributed by atoms with Crippen LogP contribution in [-0.2, 0) is 25.4 Å². The number of esters is 1. The van der Waals surface area contributed by atoms with E-state index in [1.165, 1.54) is 0 Å². The van der Waals surface area contributed by atoms with E-state index in [9.17, 15) is 27.0 Å². The number of hydrogen-bond donors (Lipinski definition) is 1. The standard InChI is InChI=1S/C14H17F3O5S/c15-14(16,17)10(6-23(20)21)22-12(19)13-3-7-1-8(4-13)11(18)9(2-7)5-13/h7-10H,1-6H2,(H,20,21). The molecular weight excluding hydrogens is 337 g/mol. The molecule has 4 aliphatic carbocycles. The highest BCUT2D eigenvalue weighted by Gasteiger charge is 2.60. The molecule has 4 fully saturated rings. The minimum atomic E-state index is -4.90. The number of ketones is 1. The van der Waals surface area contributed by atoms with Gasteiger partial charge in [-0.25, -0.2) is 4.21 Å². The van der Waals surface area contributed by atoms with Crippen molar-refractivity contribution in [3.05, 3.63) is 0 Å². The second-order valence-corrected chi connectivity index (χ2v) is 7.93. The lowest BCUT2D eigenvalue weighted by atomic mass is 9.49. The summed E-state index contributed by atoms with van der Waals surface area (Å²) >= 11 is -2.73. The molecule has 4 bridgehead atoms. The van der Waals surface area contributed by atoms with Gasteiger partial charge in [0, 0.05) is 11.8 Å². The predicted octanol–water partition coefficient (Wildman–Crippen LogP) is 2.08. The number of Topliss-reactive ketones (excluding diaryl/α,β-unsaturated/α-hetero) is 1. The van der Waals surface area contributed by atoms with E-state index in [1.807, 2.05) is 0 Å². The first kappa shape index (κ1) is 16.9. The lowest BCUT2D eigenvalue weighted by molar-refractivity contribution is -0.226. The van der Waals surface area contributed by atoms with Gasteiger partial charge in [0.2, 0.25) is 6.10 Å². The molecule has 4 rings (SSSR count). The van der Waals surface area contributed by atoms with Gasteiger partial charge in [-0.2, -0.15) is 13.2 Å². The molecule has 23 heavy (non-hydrogen) atoms. The van der Waals surface area contributed by atoms with E-state index >= 15 is 0 Å². The van der Waals surface area contributed by atoms with Gasteiger partial charge in [-0.1, -0.05) is 0 Å². The van der Waals surface area contributed by atoms with Crippen molar-refractivity contribution in [2.75, 3.05) is 5.75 Å². The van der Waals surface area contributed by atoms with Crippen LogP contribution in [0.5, 0.6) is 0 Å². The van der Waals surface area contributed by atoms with Crippen LogP contribution in [0.4, 0.5) is 13.2 Å². The first-order valence-corrected chi connectivity index (χ1v) is 8.77. The van der Waals surface area contributed by atoms with E-state index in [2.05, 4.69) is 4.74 Å². The Hall–Kier alpha value is -0.960. The Bertz CT molecular complexity index is 543. The van der Waals surface area contributed by atoms with E-state index in [1.54, 1.807) is 0 Å². The maximum Gasteiger partial charge on any atom is 0.426 e. The summed E-state index contributed by atoms with van der Waals surface area (Å²) in [6, 6.07) is 0. The van der Waals surface area contributed by atoms with E-state index in [4.69, 9.17) is 4.55 Å². The van der Waals surface area contributed by atoms with Crippen LogP contribution < -0.4 is 0 Å². The Morgan fingerprint density at radius 3 is 2.35 bits per heavy atom. The molecule has 0 amide bonds. The number of carbonyl (C=O) groups is 2. The van der Waals surface area contributed by atoms with Crippen molar-refractivity contribution in [3.63, 3.8) is 0 Å². The summed E-state index contributed by atoms with van der Waals surface area (Å²) in [5.74, 6) is -2.39. The van der Waals surface area contributed by atoms with Crippen molar-refractivity contribution in [1.82, 2.24) is 0 Å². The fraction of sp³-hybridized carbons (Fsp3) is 0.857. The second-order valence-electron chi connectivity index (χ2n) is 6.95. The molecule has 0 radical (unpaired) electrons. The average Bonchev–Trinajstić information content (AvgIpc) is 2.41. The molecule has 0 aromatic rings. The fourth-order valence-electron chi connectivity index (χ4n) is 4.58. The van der Waals surface area contributed by atoms with Crippen LogP contribution in [0.1, 0.15) is 32.1 Å². The molecule has 0 aliphatic heterocycles. The first-order chi connectivity index (χ1) is 10.6. The van der Waals surface area contributed by atoms with Gasteiger partial charge in [0.1, 0.15) is 5.78 Å². The Balaban J connectivity index is 1.77. The summed E-state index contributed by atoms with van der Waals surface area (Å²) in [4.78, 5) is 24.5. The van der Waals surface area contributed by atoms with Crippen LogP contribution in [0.3, 0.4) is 0 Å². The van der Waals surface area contributed by atoms with Crippen molar-refractivity contribution in [1.29, 1.82) is 0 Å². The minimum absolute atomic E-state index is 0.119. The Kier molecular flexibility index (Phi) is 4.07. The quantitative estimate of drug-likeness (QED) is 0.618. The molecule has 4 saturated carbocycles. The third kappa shape index (κ3) is 3.05. The van der Waals surface area contributed by atoms with E-state index in [-0.39, 0.29) is 36.4 Å². The van der Waals surface area contributed by atoms with Crippen molar-refractivity contribution in [3.8, 4) is 0 Å². The van der Waals surface area contributed by atoms with E-state index < -0.39 is 40.5 Å². The Morgan fingerprint density at radius 2 is 1.87 bits per heavy atom. The van der Waals surface area contributed by atoms with Crippen LogP contribution in [0.2, 0.25) is 0 Å². The summed E-state index contributed by atoms with van der Waals surface area (Å²) in [6.45, 7) is 0. The molecular formula is C14H17F3O5S. The SMILES string of the molecule is O=C1C2CC3CC1CC(C(=O)OC(CS(=O)O)C(F)(F)F)(C3)C2. The first-order valence-electron chi connectivity index (χ1n) is 7.50. The number of rotatable bonds is 4. The van der Waals surface area contributed by atoms with Crippen LogP contribution >= 0.6 is 0 Å². The van der Waals surface area contributed by atoms with Gasteiger partial charge in [-0.15, -0.1) is 0 Å². The Labute approximate surface area is 133 Å². The predicted molar refractivity (Wildman–Crippen MR) is 72.6 cm³/mol. The van der Waals surface area contributed by atoms with Crippen molar-refractivity contribution < 1.29 is 36.3 Å². The fourth-order valence-corrected chi connectivity index (χ4v) is 5.09. The highest BCUT2D eigenvalue weighted by molar-refractivity contribution is 7.79. The van der Waals surface area contributed by atoms with Gasteiger partial charge >= 0.3 is 12.1 Å². The van der Waals surface area contributed by atoms with Gasteiger partial charge in [0.25, 0.3) is 0 Å². The lowest BCUT2D eigenvalue weighted by Gasteiger charge is -2.54. The second kappa shape index (κ2) is 5.54. The molecule has 9 heteroatoms. The maximum absolute atomic E-state index is 12.9. The van der Waals surface area contributed by atoms with Crippen LogP contribution in [-0.4, -0.2) is 38.5 Å². The number of halogens is 3. The molecule has 0 aromatic heterocycles.